The number of halogens is 3. The lowest BCUT2D eigenvalue weighted by molar-refractivity contribution is -0.148. The van der Waals surface area contributed by atoms with Crippen molar-refractivity contribution in [2.45, 2.75) is 77.5 Å². The van der Waals surface area contributed by atoms with E-state index in [0.29, 0.717) is 28.0 Å². The van der Waals surface area contributed by atoms with Crippen LogP contribution in [0.25, 0.3) is 0 Å². The van der Waals surface area contributed by atoms with Crippen LogP contribution in [0.2, 0.25) is 5.02 Å². The molecule has 1 unspecified atom stereocenters. The molecule has 1 aliphatic rings. The third-order valence-electron chi connectivity index (χ3n) is 7.53. The number of urea groups is 1. The van der Waals surface area contributed by atoms with Crippen LogP contribution in [0, 0.1) is 6.92 Å². The summed E-state index contributed by atoms with van der Waals surface area (Å²) in [6.07, 6.45) is -2.16. The summed E-state index contributed by atoms with van der Waals surface area (Å²) in [5, 5.41) is 23.3. The van der Waals surface area contributed by atoms with Gasteiger partial charge in [-0.3, -0.25) is 0 Å². The number of aliphatic hydroxyl groups is 1. The third-order valence-corrected chi connectivity index (χ3v) is 7.93. The van der Waals surface area contributed by atoms with Crippen molar-refractivity contribution in [2.75, 3.05) is 33.0 Å². The summed E-state index contributed by atoms with van der Waals surface area (Å²) >= 11 is 6.82. The van der Waals surface area contributed by atoms with Gasteiger partial charge >= 0.3 is 12.0 Å². The first-order chi connectivity index (χ1) is 20.4. The molecule has 3 rings (SSSR count). The number of hydrogen-bond donors (Lipinski definition) is 3. The molecule has 0 saturated carbocycles. The lowest BCUT2D eigenvalue weighted by atomic mass is 9.90. The topological polar surface area (TPSA) is 118 Å². The van der Waals surface area contributed by atoms with Crippen molar-refractivity contribution >= 4 is 23.6 Å². The number of benzene rings is 2. The average Bonchev–Trinajstić information content (AvgIpc) is 2.95. The first-order valence-corrected chi connectivity index (χ1v) is 14.8. The first-order valence-electron chi connectivity index (χ1n) is 14.4. The Morgan fingerprint density at radius 3 is 2.30 bits per heavy atom. The number of alkyl halides is 2. The zero-order chi connectivity index (χ0) is 31.8. The Balaban J connectivity index is 2.03. The van der Waals surface area contributed by atoms with Gasteiger partial charge in [-0.1, -0.05) is 41.9 Å². The largest absolute Gasteiger partial charge is 0.493 e. The Kier molecular flexibility index (Phi) is 12.0. The van der Waals surface area contributed by atoms with E-state index in [9.17, 15) is 19.8 Å². The molecule has 0 aliphatic carbocycles. The Morgan fingerprint density at radius 1 is 1.14 bits per heavy atom. The number of nitrogens with zero attached hydrogens (tertiary/aromatic N) is 1. The molecule has 3 N–H and O–H groups in total. The fraction of sp³-hybridized carbons (Fsp3) is 0.548. The van der Waals surface area contributed by atoms with Crippen molar-refractivity contribution < 1.29 is 42.8 Å². The molecule has 1 aliphatic heterocycles. The Morgan fingerprint density at radius 2 is 1.74 bits per heavy atom. The number of nitrogens with one attached hydrogen (secondary N) is 1. The molecule has 43 heavy (non-hydrogen) atoms. The van der Waals surface area contributed by atoms with Crippen molar-refractivity contribution in [3.8, 4) is 11.5 Å². The van der Waals surface area contributed by atoms with Gasteiger partial charge in [0.2, 0.25) is 0 Å². The maximum Gasteiger partial charge on any atom is 0.329 e. The lowest BCUT2D eigenvalue weighted by Gasteiger charge is -2.36. The van der Waals surface area contributed by atoms with Gasteiger partial charge in [-0.25, -0.2) is 18.4 Å². The van der Waals surface area contributed by atoms with Crippen LogP contribution in [0.15, 0.2) is 30.3 Å². The van der Waals surface area contributed by atoms with Gasteiger partial charge in [0.25, 0.3) is 5.92 Å². The van der Waals surface area contributed by atoms with Crippen LogP contribution in [0.1, 0.15) is 68.4 Å². The van der Waals surface area contributed by atoms with Crippen LogP contribution >= 0.6 is 11.6 Å². The van der Waals surface area contributed by atoms with Gasteiger partial charge in [0.1, 0.15) is 17.0 Å². The number of aliphatic hydroxyl groups excluding tert-OH is 1. The van der Waals surface area contributed by atoms with Crippen molar-refractivity contribution in [1.82, 2.24) is 10.2 Å². The number of rotatable bonds is 14. The summed E-state index contributed by atoms with van der Waals surface area (Å²) in [5.41, 5.74) is 0.0513. The van der Waals surface area contributed by atoms with E-state index in [2.05, 4.69) is 5.32 Å². The number of carbonyl (C=O) groups is 2. The molecule has 1 atom stereocenters. The molecule has 2 amide bonds. The van der Waals surface area contributed by atoms with Gasteiger partial charge < -0.3 is 34.6 Å². The fourth-order valence-corrected chi connectivity index (χ4v) is 5.52. The van der Waals surface area contributed by atoms with E-state index in [1.807, 2.05) is 0 Å². The van der Waals surface area contributed by atoms with Crippen LogP contribution in [-0.4, -0.2) is 71.5 Å². The van der Waals surface area contributed by atoms with Crippen molar-refractivity contribution in [3.05, 3.63) is 57.6 Å². The molecule has 238 valence electrons. The van der Waals surface area contributed by atoms with E-state index in [1.54, 1.807) is 58.0 Å². The maximum absolute atomic E-state index is 15.2. The molecule has 2 aromatic carbocycles. The van der Waals surface area contributed by atoms with Crippen molar-refractivity contribution in [1.29, 1.82) is 0 Å². The number of amides is 2. The second kappa shape index (κ2) is 15.0. The smallest absolute Gasteiger partial charge is 0.329 e. The SMILES string of the molecule is CCOc1c(C)c(CN(CCC(F)(F)Cc2ccccc2)C(=O)NC2(C(=O)O)CCOCC2)c(Cl)c(OCC)c1C(C)O. The highest BCUT2D eigenvalue weighted by molar-refractivity contribution is 6.33. The normalized spacial score (nSPS) is 15.4. The van der Waals surface area contributed by atoms with Crippen LogP contribution in [0.5, 0.6) is 11.5 Å². The summed E-state index contributed by atoms with van der Waals surface area (Å²) in [6, 6.07) is 7.49. The zero-order valence-corrected chi connectivity index (χ0v) is 25.8. The molecule has 0 radical (unpaired) electrons. The van der Waals surface area contributed by atoms with Gasteiger partial charge in [0.15, 0.2) is 0 Å². The van der Waals surface area contributed by atoms with Crippen LogP contribution in [-0.2, 0) is 22.5 Å². The maximum atomic E-state index is 15.2. The molecule has 0 bridgehead atoms. The molecular formula is C31H41ClF2N2O7. The fourth-order valence-electron chi connectivity index (χ4n) is 5.17. The van der Waals surface area contributed by atoms with Crippen molar-refractivity contribution in [3.63, 3.8) is 0 Å². The van der Waals surface area contributed by atoms with Gasteiger partial charge in [-0.2, -0.15) is 0 Å². The summed E-state index contributed by atoms with van der Waals surface area (Å²) in [6.45, 7) is 6.84. The number of ether oxygens (including phenoxy) is 3. The molecule has 2 aromatic rings. The minimum Gasteiger partial charge on any atom is -0.493 e. The highest BCUT2D eigenvalue weighted by Crippen LogP contribution is 2.45. The van der Waals surface area contributed by atoms with Gasteiger partial charge in [0.05, 0.1) is 29.9 Å². The van der Waals surface area contributed by atoms with Crippen molar-refractivity contribution in [2.24, 2.45) is 0 Å². The number of carboxylic acids is 1. The first kappa shape index (κ1) is 34.3. The van der Waals surface area contributed by atoms with E-state index in [-0.39, 0.29) is 56.6 Å². The predicted octanol–water partition coefficient (Wildman–Crippen LogP) is 5.91. The average molecular weight is 627 g/mol. The summed E-state index contributed by atoms with van der Waals surface area (Å²) in [4.78, 5) is 27.1. The monoisotopic (exact) mass is 626 g/mol. The summed E-state index contributed by atoms with van der Waals surface area (Å²) in [7, 11) is 0. The second-order valence-corrected chi connectivity index (χ2v) is 11.0. The number of carbonyl (C=O) groups excluding carboxylic acids is 1. The minimum atomic E-state index is -3.16. The number of hydrogen-bond acceptors (Lipinski definition) is 6. The Hall–Kier alpha value is -3.15. The molecule has 1 fully saturated rings. The minimum absolute atomic E-state index is 0.0257. The molecule has 1 saturated heterocycles. The zero-order valence-electron chi connectivity index (χ0n) is 25.1. The van der Waals surface area contributed by atoms with E-state index >= 15 is 8.78 Å². The number of aliphatic carboxylic acids is 1. The standard InChI is InChI=1S/C31H41ClF2N2O7/c1-5-42-26-20(3)23(25(32)27(43-6-2)24(26)21(4)37)19-36(15-12-31(33,34)18-22-10-8-7-9-11-22)29(40)35-30(28(38)39)13-16-41-17-14-30/h7-11,21,37H,5-6,12-19H2,1-4H3,(H,35,40)(H,38,39). The van der Waals surface area contributed by atoms with Gasteiger partial charge in [-0.05, 0) is 38.8 Å². The number of carboxylic acid groups (broad SMARTS) is 1. The van der Waals surface area contributed by atoms with Crippen LogP contribution < -0.4 is 14.8 Å². The second-order valence-electron chi connectivity index (χ2n) is 10.7. The molecule has 0 spiro atoms. The molecule has 9 nitrogen and oxygen atoms in total. The van der Waals surface area contributed by atoms with Gasteiger partial charge in [0, 0.05) is 57.6 Å². The molecular weight excluding hydrogens is 586 g/mol. The highest BCUT2D eigenvalue weighted by atomic mass is 35.5. The van der Waals surface area contributed by atoms with E-state index in [0.717, 1.165) is 4.90 Å². The van der Waals surface area contributed by atoms with E-state index in [4.69, 9.17) is 25.8 Å². The molecule has 12 heteroatoms. The summed E-state index contributed by atoms with van der Waals surface area (Å²) in [5.74, 6) is -3.90. The lowest BCUT2D eigenvalue weighted by Crippen LogP contribution is -2.60. The van der Waals surface area contributed by atoms with E-state index in [1.165, 1.54) is 0 Å². The summed E-state index contributed by atoms with van der Waals surface area (Å²) < 4.78 is 47.4. The van der Waals surface area contributed by atoms with Crippen LogP contribution in [0.4, 0.5) is 13.6 Å². The third kappa shape index (κ3) is 8.49. The Bertz CT molecular complexity index is 1220. The van der Waals surface area contributed by atoms with Gasteiger partial charge in [-0.15, -0.1) is 0 Å². The highest BCUT2D eigenvalue weighted by Gasteiger charge is 2.43. The molecule has 1 heterocycles. The van der Waals surface area contributed by atoms with Crippen LogP contribution in [0.3, 0.4) is 0 Å². The predicted molar refractivity (Wildman–Crippen MR) is 158 cm³/mol. The Labute approximate surface area is 256 Å². The quantitative estimate of drug-likeness (QED) is 0.239. The molecule has 0 aromatic heterocycles. The van der Waals surface area contributed by atoms with E-state index < -0.39 is 49.0 Å².